The highest BCUT2D eigenvalue weighted by molar-refractivity contribution is 4.82. The predicted octanol–water partition coefficient (Wildman–Crippen LogP) is 2.38. The zero-order chi connectivity index (χ0) is 10.4. The second kappa shape index (κ2) is 6.41. The zero-order valence-electron chi connectivity index (χ0n) is 9.84. The van der Waals surface area contributed by atoms with Crippen molar-refractivity contribution in [2.24, 2.45) is 5.73 Å². The van der Waals surface area contributed by atoms with Crippen molar-refractivity contribution in [1.82, 2.24) is 4.90 Å². The van der Waals surface area contributed by atoms with Gasteiger partial charge in [0.2, 0.25) is 0 Å². The number of hydrogen-bond donors (Lipinski definition) is 1. The van der Waals surface area contributed by atoms with Crippen LogP contribution in [0.5, 0.6) is 0 Å². The van der Waals surface area contributed by atoms with Crippen molar-refractivity contribution < 1.29 is 0 Å². The van der Waals surface area contributed by atoms with Crippen molar-refractivity contribution in [3.8, 4) is 0 Å². The van der Waals surface area contributed by atoms with Crippen LogP contribution in [0.1, 0.15) is 51.9 Å². The first-order valence-corrected chi connectivity index (χ1v) is 6.21. The Hall–Kier alpha value is -0.0800. The van der Waals surface area contributed by atoms with Crippen LogP contribution in [0.3, 0.4) is 0 Å². The van der Waals surface area contributed by atoms with E-state index in [4.69, 9.17) is 5.73 Å². The van der Waals surface area contributed by atoms with Crippen LogP contribution in [-0.4, -0.2) is 30.6 Å². The van der Waals surface area contributed by atoms with Gasteiger partial charge in [0.15, 0.2) is 0 Å². The Labute approximate surface area is 88.8 Å². The molecule has 0 saturated heterocycles. The molecule has 0 bridgehead atoms. The Kier molecular flexibility index (Phi) is 5.49. The first-order chi connectivity index (χ1) is 6.75. The summed E-state index contributed by atoms with van der Waals surface area (Å²) in [4.78, 5) is 2.49. The highest BCUT2D eigenvalue weighted by atomic mass is 15.1. The molecule has 1 saturated carbocycles. The van der Waals surface area contributed by atoms with Gasteiger partial charge in [0.1, 0.15) is 0 Å². The van der Waals surface area contributed by atoms with E-state index in [0.717, 1.165) is 0 Å². The van der Waals surface area contributed by atoms with Gasteiger partial charge in [-0.3, -0.25) is 0 Å². The van der Waals surface area contributed by atoms with Crippen LogP contribution in [0, 0.1) is 0 Å². The Bertz CT molecular complexity index is 147. The van der Waals surface area contributed by atoms with Crippen molar-refractivity contribution in [1.29, 1.82) is 0 Å². The van der Waals surface area contributed by atoms with E-state index in [1.165, 1.54) is 51.5 Å². The van der Waals surface area contributed by atoms with Crippen LogP contribution >= 0.6 is 0 Å². The molecule has 14 heavy (non-hydrogen) atoms. The van der Waals surface area contributed by atoms with Gasteiger partial charge in [-0.05, 0) is 32.9 Å². The Balaban J connectivity index is 2.37. The summed E-state index contributed by atoms with van der Waals surface area (Å²) in [6, 6.07) is 1.06. The van der Waals surface area contributed by atoms with E-state index in [1.54, 1.807) is 0 Å². The number of hydrogen-bond acceptors (Lipinski definition) is 2. The van der Waals surface area contributed by atoms with Gasteiger partial charge in [0, 0.05) is 12.1 Å². The maximum Gasteiger partial charge on any atom is 0.0244 e. The SMILES string of the molecule is CCCCN(C)C1CCCCCC1N. The normalized spacial score (nSPS) is 29.1. The number of nitrogens with two attached hydrogens (primary N) is 1. The molecule has 2 nitrogen and oxygen atoms in total. The minimum Gasteiger partial charge on any atom is -0.326 e. The Morgan fingerprint density at radius 2 is 1.93 bits per heavy atom. The van der Waals surface area contributed by atoms with Crippen LogP contribution in [0.4, 0.5) is 0 Å². The van der Waals surface area contributed by atoms with Gasteiger partial charge in [-0.1, -0.05) is 32.6 Å². The molecule has 2 N–H and O–H groups in total. The molecule has 1 fully saturated rings. The summed E-state index contributed by atoms with van der Waals surface area (Å²) < 4.78 is 0. The molecule has 2 atom stereocenters. The van der Waals surface area contributed by atoms with E-state index in [0.29, 0.717) is 12.1 Å². The molecule has 0 radical (unpaired) electrons. The molecule has 2 heteroatoms. The second-order valence-corrected chi connectivity index (χ2v) is 4.70. The van der Waals surface area contributed by atoms with Crippen LogP contribution in [0.15, 0.2) is 0 Å². The van der Waals surface area contributed by atoms with E-state index < -0.39 is 0 Å². The van der Waals surface area contributed by atoms with E-state index in [9.17, 15) is 0 Å². The fourth-order valence-electron chi connectivity index (χ4n) is 2.44. The van der Waals surface area contributed by atoms with Gasteiger partial charge >= 0.3 is 0 Å². The second-order valence-electron chi connectivity index (χ2n) is 4.70. The molecular formula is C12H26N2. The number of likely N-dealkylation sites (N-methyl/N-ethyl adjacent to an activating group) is 1. The lowest BCUT2D eigenvalue weighted by Crippen LogP contribution is -2.45. The van der Waals surface area contributed by atoms with Crippen molar-refractivity contribution in [3.63, 3.8) is 0 Å². The third kappa shape index (κ3) is 3.58. The first-order valence-electron chi connectivity index (χ1n) is 6.21. The molecule has 0 aromatic heterocycles. The minimum absolute atomic E-state index is 0.416. The summed E-state index contributed by atoms with van der Waals surface area (Å²) in [5.74, 6) is 0. The Morgan fingerprint density at radius 1 is 1.21 bits per heavy atom. The molecule has 1 aliphatic rings. The van der Waals surface area contributed by atoms with Crippen molar-refractivity contribution in [3.05, 3.63) is 0 Å². The number of unbranched alkanes of at least 4 members (excludes halogenated alkanes) is 1. The van der Waals surface area contributed by atoms with Crippen molar-refractivity contribution in [2.45, 2.75) is 64.0 Å². The number of nitrogens with zero attached hydrogens (tertiary/aromatic N) is 1. The maximum atomic E-state index is 6.21. The summed E-state index contributed by atoms with van der Waals surface area (Å²) in [6.45, 7) is 3.47. The lowest BCUT2D eigenvalue weighted by Gasteiger charge is -2.31. The lowest BCUT2D eigenvalue weighted by atomic mass is 10.0. The van der Waals surface area contributed by atoms with E-state index in [2.05, 4.69) is 18.9 Å². The van der Waals surface area contributed by atoms with Crippen molar-refractivity contribution in [2.75, 3.05) is 13.6 Å². The largest absolute Gasteiger partial charge is 0.326 e. The average molecular weight is 198 g/mol. The molecule has 0 aromatic rings. The van der Waals surface area contributed by atoms with E-state index in [1.807, 2.05) is 0 Å². The summed E-state index contributed by atoms with van der Waals surface area (Å²) in [5.41, 5.74) is 6.21. The molecule has 0 spiro atoms. The average Bonchev–Trinajstić information content (AvgIpc) is 2.39. The summed E-state index contributed by atoms with van der Waals surface area (Å²) >= 11 is 0. The molecule has 0 heterocycles. The van der Waals surface area contributed by atoms with Gasteiger partial charge in [-0.2, -0.15) is 0 Å². The first kappa shape index (κ1) is 12.0. The van der Waals surface area contributed by atoms with E-state index >= 15 is 0 Å². The standard InChI is InChI=1S/C12H26N2/c1-3-4-10-14(2)12-9-7-5-6-8-11(12)13/h11-12H,3-10,13H2,1-2H3. The van der Waals surface area contributed by atoms with Crippen LogP contribution in [0.2, 0.25) is 0 Å². The predicted molar refractivity (Wildman–Crippen MR) is 62.4 cm³/mol. The monoisotopic (exact) mass is 198 g/mol. The fourth-order valence-corrected chi connectivity index (χ4v) is 2.44. The van der Waals surface area contributed by atoms with Gasteiger partial charge in [0.25, 0.3) is 0 Å². The number of rotatable bonds is 4. The molecule has 0 amide bonds. The summed E-state index contributed by atoms with van der Waals surface area (Å²) in [5, 5.41) is 0. The fraction of sp³-hybridized carbons (Fsp3) is 1.00. The van der Waals surface area contributed by atoms with Crippen LogP contribution in [0.25, 0.3) is 0 Å². The minimum atomic E-state index is 0.416. The van der Waals surface area contributed by atoms with Crippen LogP contribution < -0.4 is 5.73 Å². The molecule has 1 aliphatic carbocycles. The highest BCUT2D eigenvalue weighted by Gasteiger charge is 2.23. The lowest BCUT2D eigenvalue weighted by molar-refractivity contribution is 0.198. The molecule has 0 aromatic carbocycles. The third-order valence-corrected chi connectivity index (χ3v) is 3.46. The molecule has 84 valence electrons. The van der Waals surface area contributed by atoms with E-state index in [-0.39, 0.29) is 0 Å². The van der Waals surface area contributed by atoms with Crippen LogP contribution in [-0.2, 0) is 0 Å². The van der Waals surface area contributed by atoms with Gasteiger partial charge < -0.3 is 10.6 Å². The van der Waals surface area contributed by atoms with Gasteiger partial charge in [-0.15, -0.1) is 0 Å². The summed E-state index contributed by atoms with van der Waals surface area (Å²) in [6.07, 6.45) is 9.20. The highest BCUT2D eigenvalue weighted by Crippen LogP contribution is 2.20. The smallest absolute Gasteiger partial charge is 0.0244 e. The quantitative estimate of drug-likeness (QED) is 0.703. The maximum absolute atomic E-state index is 6.21. The topological polar surface area (TPSA) is 29.3 Å². The zero-order valence-corrected chi connectivity index (χ0v) is 9.84. The van der Waals surface area contributed by atoms with Crippen molar-refractivity contribution >= 4 is 0 Å². The molecule has 1 rings (SSSR count). The Morgan fingerprint density at radius 3 is 2.64 bits per heavy atom. The molecule has 0 aliphatic heterocycles. The third-order valence-electron chi connectivity index (χ3n) is 3.46. The molecule has 2 unspecified atom stereocenters. The van der Waals surface area contributed by atoms with Gasteiger partial charge in [0.05, 0.1) is 0 Å². The molecular weight excluding hydrogens is 172 g/mol. The summed E-state index contributed by atoms with van der Waals surface area (Å²) in [7, 11) is 2.24. The van der Waals surface area contributed by atoms with Gasteiger partial charge in [-0.25, -0.2) is 0 Å².